The minimum absolute atomic E-state index is 0.416. The van der Waals surface area contributed by atoms with E-state index in [4.69, 9.17) is 16.6 Å². The second-order valence-corrected chi connectivity index (χ2v) is 4.64. The number of carbonyl (C=O) groups is 2. The maximum absolute atomic E-state index is 11.0. The van der Waals surface area contributed by atoms with Crippen molar-refractivity contribution in [2.45, 2.75) is 12.1 Å². The highest BCUT2D eigenvalue weighted by Gasteiger charge is 2.14. The molecule has 2 rings (SSSR count). The quantitative estimate of drug-likeness (QED) is 0.738. The molecule has 0 aromatic heterocycles. The van der Waals surface area contributed by atoms with E-state index in [0.717, 1.165) is 5.56 Å². The number of methoxy groups -OCH3 is 1. The van der Waals surface area contributed by atoms with E-state index in [1.165, 1.54) is 7.11 Å². The van der Waals surface area contributed by atoms with Gasteiger partial charge in [-0.2, -0.15) is 0 Å². The lowest BCUT2D eigenvalue weighted by atomic mass is 10.1. The van der Waals surface area contributed by atoms with Crippen LogP contribution in [0.5, 0.6) is 0 Å². The first-order chi connectivity index (χ1) is 11.0. The Morgan fingerprint density at radius 2 is 1.26 bits per heavy atom. The zero-order valence-corrected chi connectivity index (χ0v) is 12.8. The van der Waals surface area contributed by atoms with Crippen molar-refractivity contribution in [3.05, 3.63) is 71.8 Å². The molecule has 2 aromatic rings. The number of aliphatic carboxylic acids is 1. The average Bonchev–Trinajstić information content (AvgIpc) is 2.61. The van der Waals surface area contributed by atoms with E-state index in [1.54, 1.807) is 36.4 Å². The van der Waals surface area contributed by atoms with Crippen molar-refractivity contribution < 1.29 is 19.4 Å². The topological polar surface area (TPSA) is 116 Å². The fourth-order valence-electron chi connectivity index (χ4n) is 1.73. The number of ether oxygens (including phenoxy) is 1. The van der Waals surface area contributed by atoms with Crippen LogP contribution >= 0.6 is 0 Å². The molecule has 0 aliphatic heterocycles. The normalized spacial score (nSPS) is 12.3. The van der Waals surface area contributed by atoms with E-state index in [2.05, 4.69) is 4.74 Å². The SMILES string of the molecule is COC(=O)C(N)c1ccccc1.NC(C(=O)O)c1ccccc1. The molecule has 0 radical (unpaired) electrons. The van der Waals surface area contributed by atoms with Crippen LogP contribution < -0.4 is 11.5 Å². The largest absolute Gasteiger partial charge is 0.480 e. The first kappa shape index (κ1) is 18.3. The van der Waals surface area contributed by atoms with Crippen LogP contribution in [-0.2, 0) is 14.3 Å². The molecule has 0 bridgehead atoms. The molecule has 0 heterocycles. The molecular formula is C17H20N2O4. The van der Waals surface area contributed by atoms with Crippen LogP contribution in [0.15, 0.2) is 60.7 Å². The molecule has 23 heavy (non-hydrogen) atoms. The Kier molecular flexibility index (Phi) is 7.45. The molecular weight excluding hydrogens is 296 g/mol. The van der Waals surface area contributed by atoms with Crippen LogP contribution in [-0.4, -0.2) is 24.2 Å². The van der Waals surface area contributed by atoms with Gasteiger partial charge in [0.25, 0.3) is 0 Å². The third-order valence-electron chi connectivity index (χ3n) is 3.04. The molecule has 2 atom stereocenters. The number of esters is 1. The lowest BCUT2D eigenvalue weighted by Crippen LogP contribution is -2.22. The number of rotatable bonds is 4. The van der Waals surface area contributed by atoms with E-state index in [1.807, 2.05) is 24.3 Å². The highest BCUT2D eigenvalue weighted by molar-refractivity contribution is 5.77. The van der Waals surface area contributed by atoms with Gasteiger partial charge in [0.15, 0.2) is 0 Å². The molecule has 0 spiro atoms. The summed E-state index contributed by atoms with van der Waals surface area (Å²) < 4.78 is 4.50. The van der Waals surface area contributed by atoms with Gasteiger partial charge in [-0.3, -0.25) is 9.59 Å². The van der Waals surface area contributed by atoms with Gasteiger partial charge in [-0.05, 0) is 11.1 Å². The number of carbonyl (C=O) groups excluding carboxylic acids is 1. The van der Waals surface area contributed by atoms with Crippen molar-refractivity contribution in [1.29, 1.82) is 0 Å². The predicted molar refractivity (Wildman–Crippen MR) is 86.4 cm³/mol. The molecule has 6 heteroatoms. The van der Waals surface area contributed by atoms with Gasteiger partial charge in [-0.25, -0.2) is 0 Å². The highest BCUT2D eigenvalue weighted by atomic mass is 16.5. The number of benzene rings is 2. The van der Waals surface area contributed by atoms with Gasteiger partial charge in [-0.1, -0.05) is 60.7 Å². The molecule has 0 aliphatic carbocycles. The molecule has 0 saturated carbocycles. The summed E-state index contributed by atoms with van der Waals surface area (Å²) in [7, 11) is 1.32. The summed E-state index contributed by atoms with van der Waals surface area (Å²) in [5.41, 5.74) is 12.3. The average molecular weight is 316 g/mol. The second kappa shape index (κ2) is 9.34. The smallest absolute Gasteiger partial charge is 0.327 e. The molecule has 0 fully saturated rings. The number of carboxylic acid groups (broad SMARTS) is 1. The molecule has 5 N–H and O–H groups in total. The van der Waals surface area contributed by atoms with Gasteiger partial charge in [0.2, 0.25) is 0 Å². The third kappa shape index (κ3) is 5.90. The lowest BCUT2D eigenvalue weighted by molar-refractivity contribution is -0.142. The van der Waals surface area contributed by atoms with Crippen LogP contribution in [0.25, 0.3) is 0 Å². The fourth-order valence-corrected chi connectivity index (χ4v) is 1.73. The maximum Gasteiger partial charge on any atom is 0.327 e. The Bertz CT molecular complexity index is 617. The Labute approximate surface area is 134 Å². The third-order valence-corrected chi connectivity index (χ3v) is 3.04. The van der Waals surface area contributed by atoms with Crippen molar-refractivity contribution >= 4 is 11.9 Å². The number of carboxylic acids is 1. The Balaban J connectivity index is 0.000000231. The molecule has 0 amide bonds. The number of hydrogen-bond donors (Lipinski definition) is 3. The minimum Gasteiger partial charge on any atom is -0.480 e. The van der Waals surface area contributed by atoms with Crippen LogP contribution in [0.4, 0.5) is 0 Å². The van der Waals surface area contributed by atoms with Crippen LogP contribution in [0.2, 0.25) is 0 Å². The summed E-state index contributed by atoms with van der Waals surface area (Å²) in [6, 6.07) is 16.3. The maximum atomic E-state index is 11.0. The summed E-state index contributed by atoms with van der Waals surface area (Å²) in [4.78, 5) is 21.3. The summed E-state index contributed by atoms with van der Waals surface area (Å²) in [5.74, 6) is -1.42. The zero-order chi connectivity index (χ0) is 17.2. The summed E-state index contributed by atoms with van der Waals surface area (Å²) in [5, 5.41) is 8.51. The predicted octanol–water partition coefficient (Wildman–Crippen LogP) is 1.63. The van der Waals surface area contributed by atoms with Gasteiger partial charge >= 0.3 is 11.9 Å². The molecule has 6 nitrogen and oxygen atoms in total. The molecule has 2 aromatic carbocycles. The van der Waals surface area contributed by atoms with E-state index < -0.39 is 24.0 Å². The Morgan fingerprint density at radius 1 is 0.870 bits per heavy atom. The number of nitrogens with two attached hydrogens (primary N) is 2. The van der Waals surface area contributed by atoms with Crippen molar-refractivity contribution in [2.75, 3.05) is 7.11 Å². The number of hydrogen-bond acceptors (Lipinski definition) is 5. The molecule has 122 valence electrons. The highest BCUT2D eigenvalue weighted by Crippen LogP contribution is 2.10. The van der Waals surface area contributed by atoms with E-state index in [9.17, 15) is 9.59 Å². The standard InChI is InChI=1S/C9H11NO2.C8H9NO2/c1-12-9(11)8(10)7-5-3-2-4-6-7;9-7(8(10)11)6-4-2-1-3-5-6/h2-6,8H,10H2,1H3;1-5,7H,9H2,(H,10,11). The first-order valence-electron chi connectivity index (χ1n) is 6.89. The molecule has 0 aliphatic rings. The van der Waals surface area contributed by atoms with Crippen molar-refractivity contribution in [2.24, 2.45) is 11.5 Å². The monoisotopic (exact) mass is 316 g/mol. The Morgan fingerprint density at radius 3 is 1.61 bits per heavy atom. The lowest BCUT2D eigenvalue weighted by Gasteiger charge is -2.08. The van der Waals surface area contributed by atoms with E-state index in [-0.39, 0.29) is 0 Å². The summed E-state index contributed by atoms with van der Waals surface area (Å²) >= 11 is 0. The van der Waals surface area contributed by atoms with E-state index in [0.29, 0.717) is 5.56 Å². The van der Waals surface area contributed by atoms with Gasteiger partial charge in [-0.15, -0.1) is 0 Å². The van der Waals surface area contributed by atoms with E-state index >= 15 is 0 Å². The van der Waals surface area contributed by atoms with Gasteiger partial charge < -0.3 is 21.3 Å². The van der Waals surface area contributed by atoms with Gasteiger partial charge in [0.1, 0.15) is 12.1 Å². The first-order valence-corrected chi connectivity index (χ1v) is 6.89. The van der Waals surface area contributed by atoms with Crippen molar-refractivity contribution in [3.63, 3.8) is 0 Å². The van der Waals surface area contributed by atoms with Crippen LogP contribution in [0.3, 0.4) is 0 Å². The van der Waals surface area contributed by atoms with Crippen LogP contribution in [0, 0.1) is 0 Å². The fraction of sp³-hybridized carbons (Fsp3) is 0.176. The van der Waals surface area contributed by atoms with Gasteiger partial charge in [0, 0.05) is 0 Å². The minimum atomic E-state index is -1.00. The molecule has 2 unspecified atom stereocenters. The second-order valence-electron chi connectivity index (χ2n) is 4.64. The van der Waals surface area contributed by atoms with Crippen molar-refractivity contribution in [1.82, 2.24) is 0 Å². The Hall–Kier alpha value is -2.70. The van der Waals surface area contributed by atoms with Crippen molar-refractivity contribution in [3.8, 4) is 0 Å². The summed E-state index contributed by atoms with van der Waals surface area (Å²) in [6.07, 6.45) is 0. The summed E-state index contributed by atoms with van der Waals surface area (Å²) in [6.45, 7) is 0. The zero-order valence-electron chi connectivity index (χ0n) is 12.8. The van der Waals surface area contributed by atoms with Crippen LogP contribution in [0.1, 0.15) is 23.2 Å². The van der Waals surface area contributed by atoms with Gasteiger partial charge in [0.05, 0.1) is 7.11 Å². The molecule has 0 saturated heterocycles.